The zero-order chi connectivity index (χ0) is 13.7. The molecule has 5 heteroatoms. The Morgan fingerprint density at radius 2 is 2.00 bits per heavy atom. The van der Waals surface area contributed by atoms with Crippen LogP contribution in [0.25, 0.3) is 0 Å². The van der Waals surface area contributed by atoms with E-state index in [4.69, 9.17) is 24.7 Å². The maximum atomic E-state index is 5.93. The molecule has 3 unspecified atom stereocenters. The van der Waals surface area contributed by atoms with Crippen LogP contribution in [0.5, 0.6) is 11.5 Å². The number of benzene rings is 1. The van der Waals surface area contributed by atoms with Gasteiger partial charge in [0.25, 0.3) is 0 Å². The molecule has 19 heavy (non-hydrogen) atoms. The largest absolute Gasteiger partial charge is 0.497 e. The first-order valence-electron chi connectivity index (χ1n) is 6.41. The number of rotatable bonds is 7. The third-order valence-electron chi connectivity index (χ3n) is 3.22. The van der Waals surface area contributed by atoms with E-state index >= 15 is 0 Å². The molecule has 0 radical (unpaired) electrons. The van der Waals surface area contributed by atoms with Gasteiger partial charge in [-0.3, -0.25) is 0 Å². The van der Waals surface area contributed by atoms with E-state index in [-0.39, 0.29) is 18.2 Å². The Morgan fingerprint density at radius 3 is 2.68 bits per heavy atom. The second kappa shape index (κ2) is 6.75. The fourth-order valence-corrected chi connectivity index (χ4v) is 2.08. The Labute approximate surface area is 113 Å². The highest BCUT2D eigenvalue weighted by atomic mass is 16.6. The molecule has 1 fully saturated rings. The van der Waals surface area contributed by atoms with E-state index in [0.29, 0.717) is 13.2 Å². The SMILES string of the molecule is COCCOC1C(N)CC1Oc1cccc(OC)c1. The average Bonchev–Trinajstić information content (AvgIpc) is 2.43. The summed E-state index contributed by atoms with van der Waals surface area (Å²) in [6, 6.07) is 7.57. The zero-order valence-electron chi connectivity index (χ0n) is 11.4. The molecule has 1 aliphatic carbocycles. The number of hydrogen-bond acceptors (Lipinski definition) is 5. The van der Waals surface area contributed by atoms with Crippen LogP contribution in [0.2, 0.25) is 0 Å². The van der Waals surface area contributed by atoms with E-state index < -0.39 is 0 Å². The molecule has 1 aromatic rings. The van der Waals surface area contributed by atoms with Crippen molar-refractivity contribution in [3.63, 3.8) is 0 Å². The van der Waals surface area contributed by atoms with E-state index in [2.05, 4.69) is 0 Å². The summed E-state index contributed by atoms with van der Waals surface area (Å²) in [4.78, 5) is 0. The van der Waals surface area contributed by atoms with Crippen molar-refractivity contribution in [2.75, 3.05) is 27.4 Å². The van der Waals surface area contributed by atoms with Gasteiger partial charge in [-0.25, -0.2) is 0 Å². The molecule has 0 aromatic heterocycles. The highest BCUT2D eigenvalue weighted by Gasteiger charge is 2.41. The lowest BCUT2D eigenvalue weighted by Crippen LogP contribution is -2.59. The molecule has 5 nitrogen and oxygen atoms in total. The molecule has 0 bridgehead atoms. The normalized spacial score (nSPS) is 25.7. The second-order valence-electron chi connectivity index (χ2n) is 4.56. The lowest BCUT2D eigenvalue weighted by atomic mass is 9.86. The summed E-state index contributed by atoms with van der Waals surface area (Å²) < 4.78 is 21.7. The van der Waals surface area contributed by atoms with Crippen LogP contribution in [-0.2, 0) is 9.47 Å². The van der Waals surface area contributed by atoms with Crippen molar-refractivity contribution in [1.29, 1.82) is 0 Å². The van der Waals surface area contributed by atoms with Crippen LogP contribution in [0.1, 0.15) is 6.42 Å². The molecule has 2 rings (SSSR count). The van der Waals surface area contributed by atoms with Gasteiger partial charge < -0.3 is 24.7 Å². The van der Waals surface area contributed by atoms with Crippen molar-refractivity contribution >= 4 is 0 Å². The van der Waals surface area contributed by atoms with Crippen molar-refractivity contribution in [3.8, 4) is 11.5 Å². The summed E-state index contributed by atoms with van der Waals surface area (Å²) in [5.41, 5.74) is 5.93. The summed E-state index contributed by atoms with van der Waals surface area (Å²) in [6.45, 7) is 1.10. The summed E-state index contributed by atoms with van der Waals surface area (Å²) in [7, 11) is 3.28. The minimum atomic E-state index is -0.0682. The van der Waals surface area contributed by atoms with Gasteiger partial charge >= 0.3 is 0 Å². The summed E-state index contributed by atoms with van der Waals surface area (Å²) in [6.07, 6.45) is 0.731. The van der Waals surface area contributed by atoms with Crippen LogP contribution in [-0.4, -0.2) is 45.7 Å². The van der Waals surface area contributed by atoms with Gasteiger partial charge in [0.15, 0.2) is 0 Å². The first-order valence-corrected chi connectivity index (χ1v) is 6.41. The predicted octanol–water partition coefficient (Wildman–Crippen LogP) is 1.21. The van der Waals surface area contributed by atoms with Crippen LogP contribution in [0.4, 0.5) is 0 Å². The summed E-state index contributed by atoms with van der Waals surface area (Å²) in [5, 5.41) is 0. The molecule has 0 aliphatic heterocycles. The number of ether oxygens (including phenoxy) is 4. The molecule has 0 saturated heterocycles. The Hall–Kier alpha value is -1.30. The first-order chi connectivity index (χ1) is 9.24. The molecule has 1 aromatic carbocycles. The third-order valence-corrected chi connectivity index (χ3v) is 3.22. The van der Waals surface area contributed by atoms with Crippen molar-refractivity contribution in [3.05, 3.63) is 24.3 Å². The molecule has 0 spiro atoms. The Kier molecular flexibility index (Phi) is 5.01. The first kappa shape index (κ1) is 14.1. The smallest absolute Gasteiger partial charge is 0.128 e. The van der Waals surface area contributed by atoms with Gasteiger partial charge in [-0.05, 0) is 12.1 Å². The maximum Gasteiger partial charge on any atom is 0.128 e. The van der Waals surface area contributed by atoms with Gasteiger partial charge in [0.2, 0.25) is 0 Å². The van der Waals surface area contributed by atoms with E-state index in [9.17, 15) is 0 Å². The van der Waals surface area contributed by atoms with Crippen LogP contribution >= 0.6 is 0 Å². The molecule has 3 atom stereocenters. The third kappa shape index (κ3) is 3.59. The van der Waals surface area contributed by atoms with Crippen LogP contribution < -0.4 is 15.2 Å². The zero-order valence-corrected chi connectivity index (χ0v) is 11.4. The van der Waals surface area contributed by atoms with Gasteiger partial charge in [-0.2, -0.15) is 0 Å². The maximum absolute atomic E-state index is 5.93. The molecule has 1 aliphatic rings. The number of nitrogens with two attached hydrogens (primary N) is 1. The molecule has 106 valence electrons. The number of methoxy groups -OCH3 is 2. The molecular weight excluding hydrogens is 246 g/mol. The van der Waals surface area contributed by atoms with Crippen LogP contribution in [0.3, 0.4) is 0 Å². The molecular formula is C14H21NO4. The fraction of sp³-hybridized carbons (Fsp3) is 0.571. The van der Waals surface area contributed by atoms with Gasteiger partial charge in [0, 0.05) is 25.6 Å². The van der Waals surface area contributed by atoms with Crippen molar-refractivity contribution in [1.82, 2.24) is 0 Å². The van der Waals surface area contributed by atoms with Crippen LogP contribution in [0, 0.1) is 0 Å². The Bertz CT molecular complexity index is 399. The monoisotopic (exact) mass is 267 g/mol. The minimum Gasteiger partial charge on any atom is -0.497 e. The standard InChI is InChI=1S/C14H21NO4/c1-16-6-7-18-14-12(15)9-13(14)19-11-5-3-4-10(8-11)17-2/h3-5,8,12-14H,6-7,9,15H2,1-2H3. The quantitative estimate of drug-likeness (QED) is 0.752. The van der Waals surface area contributed by atoms with Crippen LogP contribution in [0.15, 0.2) is 24.3 Å². The Morgan fingerprint density at radius 1 is 1.21 bits per heavy atom. The van der Waals surface area contributed by atoms with E-state index in [1.807, 2.05) is 24.3 Å². The van der Waals surface area contributed by atoms with Gasteiger partial charge in [-0.15, -0.1) is 0 Å². The molecule has 0 heterocycles. The predicted molar refractivity (Wildman–Crippen MR) is 71.6 cm³/mol. The molecule has 1 saturated carbocycles. The topological polar surface area (TPSA) is 62.9 Å². The minimum absolute atomic E-state index is 0.000961. The van der Waals surface area contributed by atoms with Gasteiger partial charge in [0.05, 0.1) is 20.3 Å². The average molecular weight is 267 g/mol. The van der Waals surface area contributed by atoms with Gasteiger partial charge in [-0.1, -0.05) is 6.07 Å². The van der Waals surface area contributed by atoms with E-state index in [1.165, 1.54) is 0 Å². The lowest BCUT2D eigenvalue weighted by Gasteiger charge is -2.41. The van der Waals surface area contributed by atoms with Gasteiger partial charge in [0.1, 0.15) is 23.7 Å². The highest BCUT2D eigenvalue weighted by Crippen LogP contribution is 2.29. The molecule has 2 N–H and O–H groups in total. The fourth-order valence-electron chi connectivity index (χ4n) is 2.08. The van der Waals surface area contributed by atoms with Crippen molar-refractivity contribution in [2.45, 2.75) is 24.7 Å². The lowest BCUT2D eigenvalue weighted by molar-refractivity contribution is -0.107. The summed E-state index contributed by atoms with van der Waals surface area (Å²) >= 11 is 0. The highest BCUT2D eigenvalue weighted by molar-refractivity contribution is 5.33. The van der Waals surface area contributed by atoms with E-state index in [1.54, 1.807) is 14.2 Å². The molecule has 0 amide bonds. The van der Waals surface area contributed by atoms with Crippen molar-refractivity contribution < 1.29 is 18.9 Å². The van der Waals surface area contributed by atoms with Crippen molar-refractivity contribution in [2.24, 2.45) is 5.73 Å². The summed E-state index contributed by atoms with van der Waals surface area (Å²) in [5.74, 6) is 1.55. The second-order valence-corrected chi connectivity index (χ2v) is 4.56. The number of hydrogen-bond donors (Lipinski definition) is 1. The van der Waals surface area contributed by atoms with E-state index in [0.717, 1.165) is 17.9 Å². The Balaban J connectivity index is 1.87.